The summed E-state index contributed by atoms with van der Waals surface area (Å²) in [4.78, 5) is 24.2. The Kier molecular flexibility index (Phi) is 2.52. The fourth-order valence-corrected chi connectivity index (χ4v) is 1.79. The minimum absolute atomic E-state index is 0.191. The van der Waals surface area contributed by atoms with Gasteiger partial charge in [0.2, 0.25) is 11.8 Å². The molecule has 1 saturated heterocycles. The molecule has 0 aromatic heterocycles. The van der Waals surface area contributed by atoms with Gasteiger partial charge in [-0.3, -0.25) is 14.9 Å². The van der Waals surface area contributed by atoms with E-state index in [0.29, 0.717) is 5.69 Å². The molecular weight excluding hydrogens is 206 g/mol. The second-order valence-electron chi connectivity index (χ2n) is 3.82. The fourth-order valence-electron chi connectivity index (χ4n) is 1.79. The van der Waals surface area contributed by atoms with Crippen LogP contribution in [0.1, 0.15) is 5.56 Å². The largest absolute Gasteiger partial charge is 0.398 e. The number of nitrogens with one attached hydrogen (secondary N) is 1. The van der Waals surface area contributed by atoms with E-state index in [1.807, 2.05) is 19.1 Å². The topological polar surface area (TPSA) is 75.4 Å². The molecule has 2 amide bonds. The van der Waals surface area contributed by atoms with Gasteiger partial charge in [-0.1, -0.05) is 6.07 Å². The first-order chi connectivity index (χ1) is 7.58. The lowest BCUT2D eigenvalue weighted by molar-refractivity contribution is -0.130. The molecule has 0 radical (unpaired) electrons. The third kappa shape index (κ3) is 1.84. The molecule has 16 heavy (non-hydrogen) atoms. The van der Waals surface area contributed by atoms with Crippen LogP contribution >= 0.6 is 0 Å². The molecule has 0 atom stereocenters. The van der Waals surface area contributed by atoms with Crippen molar-refractivity contribution in [1.29, 1.82) is 0 Å². The maximum absolute atomic E-state index is 11.2. The molecule has 5 nitrogen and oxygen atoms in total. The van der Waals surface area contributed by atoms with E-state index >= 15 is 0 Å². The van der Waals surface area contributed by atoms with Crippen molar-refractivity contribution >= 4 is 23.2 Å². The number of nitrogens with zero attached hydrogens (tertiary/aromatic N) is 1. The lowest BCUT2D eigenvalue weighted by Gasteiger charge is -2.29. The molecular formula is C11H13N3O2. The average Bonchev–Trinajstić information content (AvgIpc) is 2.20. The molecule has 5 heteroatoms. The Morgan fingerprint density at radius 1 is 1.25 bits per heavy atom. The van der Waals surface area contributed by atoms with Crippen molar-refractivity contribution in [1.82, 2.24) is 5.32 Å². The van der Waals surface area contributed by atoms with Gasteiger partial charge in [0.05, 0.1) is 13.1 Å². The van der Waals surface area contributed by atoms with Crippen molar-refractivity contribution in [3.8, 4) is 0 Å². The van der Waals surface area contributed by atoms with E-state index in [2.05, 4.69) is 5.32 Å². The predicted octanol–water partition coefficient (Wildman–Crippen LogP) is 0.0400. The summed E-state index contributed by atoms with van der Waals surface area (Å²) in [6.07, 6.45) is 0. The molecule has 2 rings (SSSR count). The van der Waals surface area contributed by atoms with E-state index < -0.39 is 0 Å². The van der Waals surface area contributed by atoms with Crippen LogP contribution < -0.4 is 16.0 Å². The minimum Gasteiger partial charge on any atom is -0.398 e. The van der Waals surface area contributed by atoms with Crippen LogP contribution in [0.15, 0.2) is 18.2 Å². The number of carbonyl (C=O) groups is 2. The summed E-state index contributed by atoms with van der Waals surface area (Å²) >= 11 is 0. The number of rotatable bonds is 1. The predicted molar refractivity (Wildman–Crippen MR) is 61.0 cm³/mol. The third-order valence-corrected chi connectivity index (χ3v) is 2.64. The van der Waals surface area contributed by atoms with Crippen molar-refractivity contribution in [3.05, 3.63) is 23.8 Å². The molecule has 0 unspecified atom stereocenters. The molecule has 0 spiro atoms. The van der Waals surface area contributed by atoms with Gasteiger partial charge < -0.3 is 10.6 Å². The number of benzene rings is 1. The highest BCUT2D eigenvalue weighted by molar-refractivity contribution is 6.02. The van der Waals surface area contributed by atoms with Crippen LogP contribution in [0, 0.1) is 6.92 Å². The highest BCUT2D eigenvalue weighted by atomic mass is 16.2. The number of hydrogen-bond donors (Lipinski definition) is 2. The van der Waals surface area contributed by atoms with Gasteiger partial charge >= 0.3 is 0 Å². The van der Waals surface area contributed by atoms with Crippen molar-refractivity contribution < 1.29 is 9.59 Å². The molecule has 0 saturated carbocycles. The van der Waals surface area contributed by atoms with Gasteiger partial charge in [-0.25, -0.2) is 0 Å². The van der Waals surface area contributed by atoms with E-state index in [1.54, 1.807) is 11.0 Å². The Hall–Kier alpha value is -2.04. The molecule has 1 aromatic rings. The third-order valence-electron chi connectivity index (χ3n) is 2.64. The van der Waals surface area contributed by atoms with Crippen LogP contribution in [0.2, 0.25) is 0 Å². The normalized spacial score (nSPS) is 16.2. The standard InChI is InChI=1S/C11H13N3O2/c1-7-8(12)3-2-4-9(7)14-5-10(15)13-11(16)6-14/h2-4H,5-6,12H2,1H3,(H,13,15,16). The van der Waals surface area contributed by atoms with E-state index in [9.17, 15) is 9.59 Å². The lowest BCUT2D eigenvalue weighted by Crippen LogP contribution is -2.51. The van der Waals surface area contributed by atoms with Crippen molar-refractivity contribution in [3.63, 3.8) is 0 Å². The van der Waals surface area contributed by atoms with Crippen LogP contribution in [0.5, 0.6) is 0 Å². The first-order valence-electron chi connectivity index (χ1n) is 5.00. The van der Waals surface area contributed by atoms with Crippen molar-refractivity contribution in [2.75, 3.05) is 23.7 Å². The smallest absolute Gasteiger partial charge is 0.246 e. The first-order valence-corrected chi connectivity index (χ1v) is 5.00. The summed E-state index contributed by atoms with van der Waals surface area (Å²) < 4.78 is 0. The molecule has 0 bridgehead atoms. The van der Waals surface area contributed by atoms with Crippen LogP contribution in [-0.2, 0) is 9.59 Å². The zero-order valence-electron chi connectivity index (χ0n) is 8.99. The van der Waals surface area contributed by atoms with Gasteiger partial charge in [-0.05, 0) is 24.6 Å². The van der Waals surface area contributed by atoms with Crippen LogP contribution in [0.4, 0.5) is 11.4 Å². The number of amides is 2. The van der Waals surface area contributed by atoms with E-state index in [1.165, 1.54) is 0 Å². The lowest BCUT2D eigenvalue weighted by atomic mass is 10.1. The summed E-state index contributed by atoms with van der Waals surface area (Å²) in [5, 5.41) is 2.26. The van der Waals surface area contributed by atoms with Gasteiger partial charge in [0.15, 0.2) is 0 Å². The molecule has 0 aliphatic carbocycles. The molecule has 1 heterocycles. The van der Waals surface area contributed by atoms with Gasteiger partial charge in [-0.15, -0.1) is 0 Å². The minimum atomic E-state index is -0.280. The quantitative estimate of drug-likeness (QED) is 0.516. The zero-order valence-corrected chi connectivity index (χ0v) is 8.99. The second kappa shape index (κ2) is 3.84. The maximum atomic E-state index is 11.2. The number of piperazine rings is 1. The summed E-state index contributed by atoms with van der Waals surface area (Å²) in [7, 11) is 0. The van der Waals surface area contributed by atoms with Gasteiger partial charge in [0.25, 0.3) is 0 Å². The number of hydrogen-bond acceptors (Lipinski definition) is 4. The van der Waals surface area contributed by atoms with Crippen molar-refractivity contribution in [2.45, 2.75) is 6.92 Å². The van der Waals surface area contributed by atoms with Crippen LogP contribution in [0.25, 0.3) is 0 Å². The average molecular weight is 219 g/mol. The fraction of sp³-hybridized carbons (Fsp3) is 0.273. The van der Waals surface area contributed by atoms with Gasteiger partial charge in [0, 0.05) is 11.4 Å². The highest BCUT2D eigenvalue weighted by Gasteiger charge is 2.23. The van der Waals surface area contributed by atoms with E-state index in [-0.39, 0.29) is 24.9 Å². The maximum Gasteiger partial charge on any atom is 0.246 e. The zero-order chi connectivity index (χ0) is 11.7. The van der Waals surface area contributed by atoms with Crippen LogP contribution in [0.3, 0.4) is 0 Å². The second-order valence-corrected chi connectivity index (χ2v) is 3.82. The molecule has 1 aliphatic heterocycles. The van der Waals surface area contributed by atoms with Gasteiger partial charge in [-0.2, -0.15) is 0 Å². The number of nitrogens with two attached hydrogens (primary N) is 1. The number of anilines is 2. The van der Waals surface area contributed by atoms with E-state index in [4.69, 9.17) is 5.73 Å². The van der Waals surface area contributed by atoms with Crippen molar-refractivity contribution in [2.24, 2.45) is 0 Å². The Balaban J connectivity index is 2.33. The summed E-state index contributed by atoms with van der Waals surface area (Å²) in [5.74, 6) is -0.559. The van der Waals surface area contributed by atoms with Gasteiger partial charge in [0.1, 0.15) is 0 Å². The monoisotopic (exact) mass is 219 g/mol. The number of nitrogen functional groups attached to an aromatic ring is 1. The summed E-state index contributed by atoms with van der Waals surface area (Å²) in [6.45, 7) is 2.26. The Bertz CT molecular complexity index is 441. The summed E-state index contributed by atoms with van der Waals surface area (Å²) in [5.41, 5.74) is 8.18. The number of carbonyl (C=O) groups excluding carboxylic acids is 2. The van der Waals surface area contributed by atoms with E-state index in [0.717, 1.165) is 11.3 Å². The number of imide groups is 1. The first kappa shape index (κ1) is 10.5. The molecule has 1 aliphatic rings. The SMILES string of the molecule is Cc1c(N)cccc1N1CC(=O)NC(=O)C1. The Labute approximate surface area is 93.2 Å². The molecule has 3 N–H and O–H groups in total. The van der Waals surface area contributed by atoms with Crippen LogP contribution in [-0.4, -0.2) is 24.9 Å². The Morgan fingerprint density at radius 3 is 2.50 bits per heavy atom. The molecule has 1 fully saturated rings. The highest BCUT2D eigenvalue weighted by Crippen LogP contribution is 2.24. The summed E-state index contributed by atoms with van der Waals surface area (Å²) in [6, 6.07) is 5.47. The molecule has 84 valence electrons. The Morgan fingerprint density at radius 2 is 1.88 bits per heavy atom. The molecule has 1 aromatic carbocycles.